The van der Waals surface area contributed by atoms with Crippen LogP contribution in [0.2, 0.25) is 0 Å². The zero-order chi connectivity index (χ0) is 22.3. The van der Waals surface area contributed by atoms with E-state index in [4.69, 9.17) is 44.5 Å². The predicted molar refractivity (Wildman–Crippen MR) is 93.5 cm³/mol. The summed E-state index contributed by atoms with van der Waals surface area (Å²) in [6.45, 7) is -0.669. The lowest BCUT2D eigenvalue weighted by Crippen LogP contribution is -2.49. The van der Waals surface area contributed by atoms with Crippen LogP contribution in [0.25, 0.3) is 0 Å². The van der Waals surface area contributed by atoms with Gasteiger partial charge in [-0.3, -0.25) is 0 Å². The van der Waals surface area contributed by atoms with Crippen molar-refractivity contribution in [1.82, 2.24) is 0 Å². The highest BCUT2D eigenvalue weighted by Crippen LogP contribution is 2.13. The van der Waals surface area contributed by atoms with Gasteiger partial charge in [-0.1, -0.05) is 0 Å². The summed E-state index contributed by atoms with van der Waals surface area (Å²) in [5.74, 6) is 0. The van der Waals surface area contributed by atoms with Crippen LogP contribution in [-0.2, 0) is 28.5 Å². The van der Waals surface area contributed by atoms with Crippen molar-refractivity contribution < 1.29 is 59.2 Å². The molecule has 0 saturated heterocycles. The molecule has 8 atom stereocenters. The van der Waals surface area contributed by atoms with E-state index in [2.05, 4.69) is 0 Å². The molecule has 0 aromatic heterocycles. The molecule has 6 N–H and O–H groups in total. The summed E-state index contributed by atoms with van der Waals surface area (Å²) >= 11 is 0. The third kappa shape index (κ3) is 9.93. The van der Waals surface area contributed by atoms with E-state index in [1.165, 1.54) is 28.4 Å². The highest BCUT2D eigenvalue weighted by Gasteiger charge is 2.34. The molecule has 0 saturated carbocycles. The molecule has 0 amide bonds. The van der Waals surface area contributed by atoms with Crippen molar-refractivity contribution in [2.45, 2.75) is 48.8 Å². The Balaban J connectivity index is 0. The fourth-order valence-electron chi connectivity index (χ4n) is 2.12. The van der Waals surface area contributed by atoms with E-state index in [0.29, 0.717) is 6.29 Å². The van der Waals surface area contributed by atoms with Gasteiger partial charge in [0.2, 0.25) is 0 Å². The standard InChI is InChI=1S/C10H20O6.C6H12O6/c1-13-6-7(12)9(15-3)10(16-4)8(5-11)14-2;7-1-3(9)5(11)6(12)4(10)2-8/h5,7-10,12H,6H2,1-4H3;1,3-6,8-12H,2H2/t7-,8+,9+,10-;3-,4+,5+,6-/m10/s1. The number of ether oxygens (including phenoxy) is 4. The van der Waals surface area contributed by atoms with Crippen molar-refractivity contribution in [2.75, 3.05) is 41.7 Å². The molecule has 0 unspecified atom stereocenters. The molecular weight excluding hydrogens is 384 g/mol. The van der Waals surface area contributed by atoms with Crippen LogP contribution in [0.1, 0.15) is 0 Å². The lowest BCUT2D eigenvalue weighted by atomic mass is 10.0. The molecule has 12 nitrogen and oxygen atoms in total. The van der Waals surface area contributed by atoms with E-state index >= 15 is 0 Å². The van der Waals surface area contributed by atoms with Gasteiger partial charge in [-0.05, 0) is 0 Å². The highest BCUT2D eigenvalue weighted by atomic mass is 16.6. The van der Waals surface area contributed by atoms with Crippen molar-refractivity contribution in [3.05, 3.63) is 0 Å². The molecule has 12 heteroatoms. The van der Waals surface area contributed by atoms with Crippen LogP contribution in [0.15, 0.2) is 0 Å². The summed E-state index contributed by atoms with van der Waals surface area (Å²) in [5, 5.41) is 53.3. The Morgan fingerprint density at radius 2 is 1.29 bits per heavy atom. The SMILES string of the molecule is COC[C@@H](O)[C@H](OC)[C@H](OC)[C@H](C=O)OC.O=C[C@H](O)[C@@H](O)[C@@H](O)[C@H](O)CO. The van der Waals surface area contributed by atoms with E-state index in [9.17, 15) is 14.7 Å². The quantitative estimate of drug-likeness (QED) is 0.150. The largest absolute Gasteiger partial charge is 0.394 e. The fraction of sp³-hybridized carbons (Fsp3) is 0.875. The highest BCUT2D eigenvalue weighted by molar-refractivity contribution is 5.57. The molecular formula is C16H32O12. The fourth-order valence-corrected chi connectivity index (χ4v) is 2.12. The van der Waals surface area contributed by atoms with Crippen LogP contribution in [0.4, 0.5) is 0 Å². The number of hydrogen-bond acceptors (Lipinski definition) is 12. The van der Waals surface area contributed by atoms with E-state index < -0.39 is 55.4 Å². The summed E-state index contributed by atoms with van der Waals surface area (Å²) in [6.07, 6.45) is -9.29. The van der Waals surface area contributed by atoms with Gasteiger partial charge in [0.1, 0.15) is 48.8 Å². The van der Waals surface area contributed by atoms with Crippen LogP contribution in [-0.4, -0.2) is 134 Å². The van der Waals surface area contributed by atoms with Gasteiger partial charge in [-0.15, -0.1) is 0 Å². The number of aldehydes is 2. The average molecular weight is 416 g/mol. The maximum Gasteiger partial charge on any atom is 0.151 e. The summed E-state index contributed by atoms with van der Waals surface area (Å²) in [4.78, 5) is 20.7. The lowest BCUT2D eigenvalue weighted by molar-refractivity contribution is -0.156. The summed E-state index contributed by atoms with van der Waals surface area (Å²) < 4.78 is 20.0. The molecule has 0 heterocycles. The molecule has 0 fully saturated rings. The van der Waals surface area contributed by atoms with Crippen molar-refractivity contribution in [3.8, 4) is 0 Å². The summed E-state index contributed by atoms with van der Waals surface area (Å²) in [7, 11) is 5.70. The van der Waals surface area contributed by atoms with Crippen molar-refractivity contribution in [2.24, 2.45) is 0 Å². The van der Waals surface area contributed by atoms with Gasteiger partial charge in [0.15, 0.2) is 12.6 Å². The van der Waals surface area contributed by atoms with E-state index in [0.717, 1.165) is 0 Å². The molecule has 0 radical (unpaired) electrons. The number of carbonyl (C=O) groups is 2. The minimum Gasteiger partial charge on any atom is -0.394 e. The van der Waals surface area contributed by atoms with Crippen LogP contribution in [0.5, 0.6) is 0 Å². The average Bonchev–Trinajstić information content (AvgIpc) is 2.72. The second-order valence-corrected chi connectivity index (χ2v) is 5.62. The first-order valence-electron chi connectivity index (χ1n) is 8.19. The van der Waals surface area contributed by atoms with Gasteiger partial charge in [0, 0.05) is 28.4 Å². The van der Waals surface area contributed by atoms with E-state index in [1.807, 2.05) is 0 Å². The van der Waals surface area contributed by atoms with Crippen LogP contribution in [0, 0.1) is 0 Å². The van der Waals surface area contributed by atoms with Gasteiger partial charge in [0.05, 0.1) is 13.2 Å². The first kappa shape index (κ1) is 29.1. The third-order valence-corrected chi connectivity index (χ3v) is 3.74. The number of carbonyl (C=O) groups excluding carboxylic acids is 2. The van der Waals surface area contributed by atoms with Crippen LogP contribution >= 0.6 is 0 Å². The molecule has 168 valence electrons. The van der Waals surface area contributed by atoms with Gasteiger partial charge in [-0.2, -0.15) is 0 Å². The molecule has 0 bridgehead atoms. The molecule has 28 heavy (non-hydrogen) atoms. The smallest absolute Gasteiger partial charge is 0.151 e. The molecule has 0 rings (SSSR count). The van der Waals surface area contributed by atoms with E-state index in [1.54, 1.807) is 0 Å². The van der Waals surface area contributed by atoms with E-state index in [-0.39, 0.29) is 12.9 Å². The zero-order valence-corrected chi connectivity index (χ0v) is 16.3. The normalized spacial score (nSPS) is 19.8. The van der Waals surface area contributed by atoms with Gasteiger partial charge < -0.3 is 59.2 Å². The minimum atomic E-state index is -1.79. The van der Waals surface area contributed by atoms with Crippen molar-refractivity contribution in [1.29, 1.82) is 0 Å². The van der Waals surface area contributed by atoms with Crippen LogP contribution < -0.4 is 0 Å². The van der Waals surface area contributed by atoms with Gasteiger partial charge >= 0.3 is 0 Å². The number of rotatable bonds is 14. The van der Waals surface area contributed by atoms with Crippen molar-refractivity contribution in [3.63, 3.8) is 0 Å². The maximum atomic E-state index is 10.8. The Hall–Kier alpha value is -1.06. The maximum absolute atomic E-state index is 10.8. The Morgan fingerprint density at radius 3 is 1.61 bits per heavy atom. The Labute approximate surface area is 163 Å². The minimum absolute atomic E-state index is 0.0258. The molecule has 0 aliphatic heterocycles. The Kier molecular flexibility index (Phi) is 17.5. The molecule has 0 spiro atoms. The zero-order valence-electron chi connectivity index (χ0n) is 16.3. The topological polar surface area (TPSA) is 192 Å². The molecule has 0 aliphatic carbocycles. The number of aliphatic hydroxyl groups is 6. The Bertz CT molecular complexity index is 396. The van der Waals surface area contributed by atoms with Gasteiger partial charge in [0.25, 0.3) is 0 Å². The molecule has 0 aromatic rings. The monoisotopic (exact) mass is 416 g/mol. The summed E-state index contributed by atoms with van der Waals surface area (Å²) in [6, 6.07) is 0. The first-order valence-corrected chi connectivity index (χ1v) is 8.19. The Morgan fingerprint density at radius 1 is 0.750 bits per heavy atom. The summed E-state index contributed by atoms with van der Waals surface area (Å²) in [5.41, 5.74) is 0. The first-order chi connectivity index (χ1) is 13.2. The number of hydrogen-bond donors (Lipinski definition) is 6. The third-order valence-electron chi connectivity index (χ3n) is 3.74. The van der Waals surface area contributed by atoms with Crippen LogP contribution in [0.3, 0.4) is 0 Å². The molecule has 0 aliphatic rings. The second-order valence-electron chi connectivity index (χ2n) is 5.62. The predicted octanol–water partition coefficient (Wildman–Crippen LogP) is -4.14. The number of methoxy groups -OCH3 is 4. The number of aliphatic hydroxyl groups excluding tert-OH is 6. The second kappa shape index (κ2) is 16.9. The molecule has 0 aromatic carbocycles. The van der Waals surface area contributed by atoms with Crippen molar-refractivity contribution >= 4 is 12.6 Å². The van der Waals surface area contributed by atoms with Gasteiger partial charge in [-0.25, -0.2) is 0 Å². The lowest BCUT2D eigenvalue weighted by Gasteiger charge is -2.31.